The molecule has 98 valence electrons. The van der Waals surface area contributed by atoms with E-state index in [0.29, 0.717) is 24.3 Å². The molecule has 2 N–H and O–H groups in total. The Hall–Kier alpha value is -2.29. The van der Waals surface area contributed by atoms with Crippen LogP contribution in [0.15, 0.2) is 48.5 Å². The standard InChI is InChI=1S/C16H17NO2/c1-12-5-7-15(8-6-12)19-10-9-16(18)13-3-2-4-14(17)11-13/h2-8,11H,9-10,17H2,1H3. The minimum absolute atomic E-state index is 0.0411. The molecule has 0 saturated carbocycles. The maximum absolute atomic E-state index is 11.9. The molecule has 2 aromatic rings. The van der Waals surface area contributed by atoms with Gasteiger partial charge >= 0.3 is 0 Å². The molecule has 0 amide bonds. The van der Waals surface area contributed by atoms with Crippen molar-refractivity contribution in [3.8, 4) is 5.75 Å². The van der Waals surface area contributed by atoms with E-state index in [4.69, 9.17) is 10.5 Å². The predicted molar refractivity (Wildman–Crippen MR) is 76.5 cm³/mol. The Balaban J connectivity index is 1.86. The van der Waals surface area contributed by atoms with Crippen molar-refractivity contribution in [2.75, 3.05) is 12.3 Å². The molecule has 0 fully saturated rings. The normalized spacial score (nSPS) is 10.2. The number of aryl methyl sites for hydroxylation is 1. The average molecular weight is 255 g/mol. The smallest absolute Gasteiger partial charge is 0.166 e. The largest absolute Gasteiger partial charge is 0.493 e. The number of nitrogens with two attached hydrogens (primary N) is 1. The molecule has 0 unspecified atom stereocenters. The van der Waals surface area contributed by atoms with E-state index >= 15 is 0 Å². The summed E-state index contributed by atoms with van der Waals surface area (Å²) in [5, 5.41) is 0. The minimum atomic E-state index is 0.0411. The van der Waals surface area contributed by atoms with E-state index in [1.54, 1.807) is 24.3 Å². The Morgan fingerprint density at radius 2 is 1.89 bits per heavy atom. The lowest BCUT2D eigenvalue weighted by Crippen LogP contribution is -2.07. The fourth-order valence-electron chi connectivity index (χ4n) is 1.75. The van der Waals surface area contributed by atoms with Gasteiger partial charge in [-0.05, 0) is 31.2 Å². The Labute approximate surface area is 113 Å². The van der Waals surface area contributed by atoms with Gasteiger partial charge in [-0.25, -0.2) is 0 Å². The number of carbonyl (C=O) groups is 1. The fourth-order valence-corrected chi connectivity index (χ4v) is 1.75. The van der Waals surface area contributed by atoms with E-state index in [2.05, 4.69) is 0 Å². The van der Waals surface area contributed by atoms with E-state index in [9.17, 15) is 4.79 Å². The van der Waals surface area contributed by atoms with Crippen LogP contribution in [0.5, 0.6) is 5.75 Å². The number of Topliss-reactive ketones (excluding diaryl/α,β-unsaturated/α-hetero) is 1. The van der Waals surface area contributed by atoms with Crippen LogP contribution in [0.3, 0.4) is 0 Å². The Kier molecular flexibility index (Phi) is 4.18. The van der Waals surface area contributed by atoms with Gasteiger partial charge in [0.15, 0.2) is 5.78 Å². The number of anilines is 1. The third-order valence-corrected chi connectivity index (χ3v) is 2.83. The molecule has 19 heavy (non-hydrogen) atoms. The highest BCUT2D eigenvalue weighted by Gasteiger charge is 2.06. The van der Waals surface area contributed by atoms with Crippen molar-refractivity contribution in [1.29, 1.82) is 0 Å². The second-order valence-electron chi connectivity index (χ2n) is 4.46. The average Bonchev–Trinajstić information content (AvgIpc) is 2.41. The minimum Gasteiger partial charge on any atom is -0.493 e. The molecule has 2 rings (SSSR count). The van der Waals surface area contributed by atoms with Crippen molar-refractivity contribution in [2.24, 2.45) is 0 Å². The van der Waals surface area contributed by atoms with Crippen LogP contribution in [0.4, 0.5) is 5.69 Å². The van der Waals surface area contributed by atoms with Crippen molar-refractivity contribution in [1.82, 2.24) is 0 Å². The van der Waals surface area contributed by atoms with Gasteiger partial charge in [0.25, 0.3) is 0 Å². The van der Waals surface area contributed by atoms with Crippen LogP contribution in [0.2, 0.25) is 0 Å². The van der Waals surface area contributed by atoms with Gasteiger partial charge in [0.1, 0.15) is 5.75 Å². The summed E-state index contributed by atoms with van der Waals surface area (Å²) in [6.45, 7) is 2.39. The molecule has 0 spiro atoms. The van der Waals surface area contributed by atoms with Gasteiger partial charge in [0, 0.05) is 17.7 Å². The van der Waals surface area contributed by atoms with E-state index in [1.165, 1.54) is 5.56 Å². The lowest BCUT2D eigenvalue weighted by Gasteiger charge is -2.06. The van der Waals surface area contributed by atoms with Crippen LogP contribution in [0.25, 0.3) is 0 Å². The first kappa shape index (κ1) is 13.1. The van der Waals surface area contributed by atoms with E-state index in [1.807, 2.05) is 31.2 Å². The maximum atomic E-state index is 11.9. The summed E-state index contributed by atoms with van der Waals surface area (Å²) in [6, 6.07) is 14.8. The zero-order valence-corrected chi connectivity index (χ0v) is 10.9. The van der Waals surface area contributed by atoms with Gasteiger partial charge in [0.2, 0.25) is 0 Å². The van der Waals surface area contributed by atoms with Gasteiger partial charge in [-0.1, -0.05) is 29.8 Å². The van der Waals surface area contributed by atoms with E-state index in [0.717, 1.165) is 5.75 Å². The lowest BCUT2D eigenvalue weighted by atomic mass is 10.1. The Bertz CT molecular complexity index is 561. The topological polar surface area (TPSA) is 52.3 Å². The maximum Gasteiger partial charge on any atom is 0.166 e. The monoisotopic (exact) mass is 255 g/mol. The van der Waals surface area contributed by atoms with Gasteiger partial charge in [-0.2, -0.15) is 0 Å². The van der Waals surface area contributed by atoms with Crippen LogP contribution >= 0.6 is 0 Å². The van der Waals surface area contributed by atoms with Gasteiger partial charge < -0.3 is 10.5 Å². The molecule has 2 aromatic carbocycles. The van der Waals surface area contributed by atoms with Crippen molar-refractivity contribution in [3.05, 3.63) is 59.7 Å². The number of benzene rings is 2. The van der Waals surface area contributed by atoms with Crippen molar-refractivity contribution in [2.45, 2.75) is 13.3 Å². The molecule has 0 atom stereocenters. The molecule has 0 aliphatic rings. The fraction of sp³-hybridized carbons (Fsp3) is 0.188. The molecule has 0 saturated heterocycles. The number of rotatable bonds is 5. The van der Waals surface area contributed by atoms with Gasteiger partial charge in [-0.3, -0.25) is 4.79 Å². The van der Waals surface area contributed by atoms with Crippen LogP contribution in [0, 0.1) is 6.92 Å². The van der Waals surface area contributed by atoms with Gasteiger partial charge in [-0.15, -0.1) is 0 Å². The summed E-state index contributed by atoms with van der Waals surface area (Å²) < 4.78 is 5.53. The number of nitrogen functional groups attached to an aromatic ring is 1. The van der Waals surface area contributed by atoms with Crippen LogP contribution in [-0.2, 0) is 0 Å². The highest BCUT2D eigenvalue weighted by Crippen LogP contribution is 2.13. The number of ketones is 1. The number of ether oxygens (including phenoxy) is 1. The SMILES string of the molecule is Cc1ccc(OCCC(=O)c2cccc(N)c2)cc1. The number of carbonyl (C=O) groups excluding carboxylic acids is 1. The highest BCUT2D eigenvalue weighted by atomic mass is 16.5. The predicted octanol–water partition coefficient (Wildman–Crippen LogP) is 3.23. The second-order valence-corrected chi connectivity index (χ2v) is 4.46. The first-order chi connectivity index (χ1) is 9.15. The van der Waals surface area contributed by atoms with E-state index in [-0.39, 0.29) is 5.78 Å². The zero-order chi connectivity index (χ0) is 13.7. The van der Waals surface area contributed by atoms with E-state index < -0.39 is 0 Å². The Morgan fingerprint density at radius 3 is 2.58 bits per heavy atom. The molecule has 3 nitrogen and oxygen atoms in total. The van der Waals surface area contributed by atoms with Crippen LogP contribution in [0.1, 0.15) is 22.3 Å². The molecular weight excluding hydrogens is 238 g/mol. The third kappa shape index (κ3) is 3.85. The molecule has 0 bridgehead atoms. The lowest BCUT2D eigenvalue weighted by molar-refractivity contribution is 0.0962. The summed E-state index contributed by atoms with van der Waals surface area (Å²) in [7, 11) is 0. The number of hydrogen-bond acceptors (Lipinski definition) is 3. The van der Waals surface area contributed by atoms with Crippen LogP contribution < -0.4 is 10.5 Å². The first-order valence-electron chi connectivity index (χ1n) is 6.23. The highest BCUT2D eigenvalue weighted by molar-refractivity contribution is 5.96. The zero-order valence-electron chi connectivity index (χ0n) is 10.9. The van der Waals surface area contributed by atoms with Crippen molar-refractivity contribution >= 4 is 11.5 Å². The molecule has 3 heteroatoms. The molecular formula is C16H17NO2. The molecule has 0 radical (unpaired) electrons. The molecule has 0 aliphatic carbocycles. The summed E-state index contributed by atoms with van der Waals surface area (Å²) in [5.41, 5.74) is 8.06. The van der Waals surface area contributed by atoms with Crippen LogP contribution in [-0.4, -0.2) is 12.4 Å². The third-order valence-electron chi connectivity index (χ3n) is 2.83. The molecule has 0 aromatic heterocycles. The first-order valence-corrected chi connectivity index (χ1v) is 6.23. The van der Waals surface area contributed by atoms with Crippen molar-refractivity contribution < 1.29 is 9.53 Å². The van der Waals surface area contributed by atoms with Gasteiger partial charge in [0.05, 0.1) is 6.61 Å². The summed E-state index contributed by atoms with van der Waals surface area (Å²) in [6.07, 6.45) is 0.345. The number of hydrogen-bond donors (Lipinski definition) is 1. The van der Waals surface area contributed by atoms with Crippen molar-refractivity contribution in [3.63, 3.8) is 0 Å². The quantitative estimate of drug-likeness (QED) is 0.659. The summed E-state index contributed by atoms with van der Waals surface area (Å²) in [5.74, 6) is 0.824. The summed E-state index contributed by atoms with van der Waals surface area (Å²) in [4.78, 5) is 11.9. The summed E-state index contributed by atoms with van der Waals surface area (Å²) >= 11 is 0. The Morgan fingerprint density at radius 1 is 1.16 bits per heavy atom. The molecule has 0 aliphatic heterocycles. The second kappa shape index (κ2) is 6.05. The molecule has 0 heterocycles.